The summed E-state index contributed by atoms with van der Waals surface area (Å²) in [6.45, 7) is -1.00. The van der Waals surface area contributed by atoms with Gasteiger partial charge in [-0.2, -0.15) is 0 Å². The van der Waals surface area contributed by atoms with Crippen LogP contribution in [0.2, 0.25) is 0 Å². The van der Waals surface area contributed by atoms with Gasteiger partial charge < -0.3 is 45.2 Å². The van der Waals surface area contributed by atoms with Crippen LogP contribution in [0.25, 0.3) is 0 Å². The highest BCUT2D eigenvalue weighted by Crippen LogP contribution is 2.31. The Kier molecular flexibility index (Phi) is 7.11. The minimum Gasteiger partial charge on any atom is -0.508 e. The predicted octanol–water partition coefficient (Wildman–Crippen LogP) is -0.414. The average Bonchev–Trinajstić information content (AvgIpc) is 2.74. The zero-order chi connectivity index (χ0) is 22.7. The van der Waals surface area contributed by atoms with Gasteiger partial charge in [0.25, 0.3) is 0 Å². The minimum atomic E-state index is -1.64. The highest BCUT2D eigenvalue weighted by Gasteiger charge is 2.44. The lowest BCUT2D eigenvalue weighted by Crippen LogP contribution is -2.59. The van der Waals surface area contributed by atoms with Crippen LogP contribution in [0.15, 0.2) is 42.5 Å². The van der Waals surface area contributed by atoms with Crippen LogP contribution in [0, 0.1) is 0 Å². The summed E-state index contributed by atoms with van der Waals surface area (Å²) in [6.07, 6.45) is -7.46. The summed E-state index contributed by atoms with van der Waals surface area (Å²) in [6, 6.07) is 9.17. The van der Waals surface area contributed by atoms with Crippen molar-refractivity contribution in [1.82, 2.24) is 0 Å². The molecule has 0 amide bonds. The van der Waals surface area contributed by atoms with E-state index in [-0.39, 0.29) is 23.7 Å². The summed E-state index contributed by atoms with van der Waals surface area (Å²) in [5.41, 5.74) is 0.327. The summed E-state index contributed by atoms with van der Waals surface area (Å²) in [4.78, 5) is 13.1. The minimum absolute atomic E-state index is 0.0303. The second-order valence-corrected chi connectivity index (χ2v) is 7.24. The number of rotatable bonds is 7. The molecule has 3 rings (SSSR count). The fraction of sp³-hybridized carbons (Fsp3) is 0.381. The number of carbonyl (C=O) groups is 1. The third-order valence-electron chi connectivity index (χ3n) is 5.13. The fourth-order valence-electron chi connectivity index (χ4n) is 3.34. The molecule has 0 aromatic heterocycles. The number of benzene rings is 2. The van der Waals surface area contributed by atoms with E-state index in [1.54, 1.807) is 0 Å². The Hall–Kier alpha value is -2.73. The molecule has 10 heteroatoms. The van der Waals surface area contributed by atoms with Crippen LogP contribution in [-0.2, 0) is 9.47 Å². The molecule has 31 heavy (non-hydrogen) atoms. The normalized spacial score (nSPS) is 27.0. The molecular formula is C21H24O10. The molecule has 2 aromatic carbocycles. The Morgan fingerprint density at radius 1 is 0.935 bits per heavy atom. The van der Waals surface area contributed by atoms with Crippen molar-refractivity contribution in [2.75, 3.05) is 13.2 Å². The number of phenolic OH excluding ortho intramolecular Hbond substituents is 3. The first-order valence-corrected chi connectivity index (χ1v) is 9.50. The number of hydrogen-bond donors (Lipinski definition) is 7. The van der Waals surface area contributed by atoms with Gasteiger partial charge in [-0.15, -0.1) is 0 Å². The van der Waals surface area contributed by atoms with Crippen LogP contribution in [0.3, 0.4) is 0 Å². The van der Waals surface area contributed by atoms with E-state index < -0.39 is 54.8 Å². The molecule has 1 aliphatic rings. The van der Waals surface area contributed by atoms with E-state index in [1.807, 2.05) is 0 Å². The molecule has 1 saturated heterocycles. The molecule has 6 atom stereocenters. The third kappa shape index (κ3) is 4.96. The van der Waals surface area contributed by atoms with Gasteiger partial charge in [0.05, 0.1) is 24.7 Å². The second kappa shape index (κ2) is 9.60. The lowest BCUT2D eigenvalue weighted by molar-refractivity contribution is -0.301. The number of carbonyl (C=O) groups excluding carboxylic acids is 1. The fourth-order valence-corrected chi connectivity index (χ4v) is 3.34. The molecular weight excluding hydrogens is 412 g/mol. The molecule has 2 aromatic rings. The first-order chi connectivity index (χ1) is 14.7. The van der Waals surface area contributed by atoms with Crippen LogP contribution < -0.4 is 0 Å². The molecule has 0 spiro atoms. The number of aliphatic hydroxyl groups is 4. The zero-order valence-electron chi connectivity index (χ0n) is 16.3. The van der Waals surface area contributed by atoms with E-state index in [0.717, 1.165) is 6.07 Å². The van der Waals surface area contributed by atoms with Crippen LogP contribution >= 0.6 is 0 Å². The van der Waals surface area contributed by atoms with E-state index in [0.29, 0.717) is 5.56 Å². The van der Waals surface area contributed by atoms with Gasteiger partial charge in [0.1, 0.15) is 41.7 Å². The molecule has 1 heterocycles. The highest BCUT2D eigenvalue weighted by molar-refractivity contribution is 6.03. The number of hydrogen-bond acceptors (Lipinski definition) is 10. The van der Waals surface area contributed by atoms with Crippen LogP contribution in [0.4, 0.5) is 0 Å². The number of ketones is 1. The second-order valence-electron chi connectivity index (χ2n) is 7.24. The molecule has 10 nitrogen and oxygen atoms in total. The van der Waals surface area contributed by atoms with E-state index in [1.165, 1.54) is 36.4 Å². The molecule has 0 bridgehead atoms. The molecule has 1 aliphatic heterocycles. The Balaban J connectivity index is 1.85. The lowest BCUT2D eigenvalue weighted by Gasteiger charge is -2.40. The highest BCUT2D eigenvalue weighted by atomic mass is 16.7. The number of ether oxygens (including phenoxy) is 2. The molecule has 7 N–H and O–H groups in total. The van der Waals surface area contributed by atoms with Crippen LogP contribution in [-0.4, -0.2) is 85.4 Å². The van der Waals surface area contributed by atoms with Crippen molar-refractivity contribution in [3.05, 3.63) is 53.6 Å². The monoisotopic (exact) mass is 436 g/mol. The molecule has 0 saturated carbocycles. The number of aliphatic hydroxyl groups excluding tert-OH is 4. The largest absolute Gasteiger partial charge is 0.508 e. The van der Waals surface area contributed by atoms with Crippen LogP contribution in [0.1, 0.15) is 21.8 Å². The number of phenols is 3. The van der Waals surface area contributed by atoms with Gasteiger partial charge >= 0.3 is 0 Å². The number of aromatic hydroxyl groups is 3. The standard InChI is InChI=1S/C21H24O10/c22-8-16-18(27)19(28)20(29)21(31-16)30-9-14(10-1-3-11(23)4-2-10)17(26)13-6-5-12(24)7-15(13)25/h1-7,14,16,18-25,27-29H,8-9H2/t14-,16-,18-,19+,20-,21-/m1/s1. The summed E-state index contributed by atoms with van der Waals surface area (Å²) in [7, 11) is 0. The van der Waals surface area contributed by atoms with E-state index in [9.17, 15) is 40.5 Å². The molecule has 0 unspecified atom stereocenters. The van der Waals surface area contributed by atoms with Crippen molar-refractivity contribution in [1.29, 1.82) is 0 Å². The Morgan fingerprint density at radius 2 is 1.58 bits per heavy atom. The Labute approximate surface area is 177 Å². The smallest absolute Gasteiger partial charge is 0.186 e. The van der Waals surface area contributed by atoms with Gasteiger partial charge in [0, 0.05) is 6.07 Å². The van der Waals surface area contributed by atoms with Crippen molar-refractivity contribution >= 4 is 5.78 Å². The van der Waals surface area contributed by atoms with Gasteiger partial charge in [0.15, 0.2) is 12.1 Å². The average molecular weight is 436 g/mol. The van der Waals surface area contributed by atoms with Crippen molar-refractivity contribution in [2.45, 2.75) is 36.6 Å². The van der Waals surface area contributed by atoms with Gasteiger partial charge in [-0.1, -0.05) is 12.1 Å². The van der Waals surface area contributed by atoms with E-state index in [4.69, 9.17) is 9.47 Å². The molecule has 0 aliphatic carbocycles. The van der Waals surface area contributed by atoms with Crippen LogP contribution in [0.5, 0.6) is 17.2 Å². The van der Waals surface area contributed by atoms with Crippen molar-refractivity contribution < 1.29 is 50.0 Å². The quantitative estimate of drug-likeness (QED) is 0.282. The first kappa shape index (κ1) is 22.9. The summed E-state index contributed by atoms with van der Waals surface area (Å²) in [5.74, 6) is -2.30. The molecule has 1 fully saturated rings. The number of Topliss-reactive ketones (excluding diaryl/α,β-unsaturated/α-hetero) is 1. The zero-order valence-corrected chi connectivity index (χ0v) is 16.3. The van der Waals surface area contributed by atoms with Crippen molar-refractivity contribution in [3.8, 4) is 17.2 Å². The topological polar surface area (TPSA) is 177 Å². The van der Waals surface area contributed by atoms with Gasteiger partial charge in [-0.05, 0) is 29.8 Å². The van der Waals surface area contributed by atoms with Gasteiger partial charge in [-0.3, -0.25) is 4.79 Å². The van der Waals surface area contributed by atoms with Crippen molar-refractivity contribution in [3.63, 3.8) is 0 Å². The van der Waals surface area contributed by atoms with Gasteiger partial charge in [-0.25, -0.2) is 0 Å². The SMILES string of the molecule is O=C(c1ccc(O)cc1O)[C@H](CO[C@@H]1O[C@H](CO)[C@@H](O)[C@H](O)[C@H]1O)c1ccc(O)cc1. The molecule has 0 radical (unpaired) electrons. The van der Waals surface area contributed by atoms with E-state index >= 15 is 0 Å². The summed E-state index contributed by atoms with van der Waals surface area (Å²) in [5, 5.41) is 68.3. The Morgan fingerprint density at radius 3 is 2.19 bits per heavy atom. The third-order valence-corrected chi connectivity index (χ3v) is 5.13. The maximum Gasteiger partial charge on any atom is 0.186 e. The lowest BCUT2D eigenvalue weighted by atomic mass is 9.90. The maximum atomic E-state index is 13.1. The maximum absolute atomic E-state index is 13.1. The van der Waals surface area contributed by atoms with E-state index in [2.05, 4.69) is 0 Å². The predicted molar refractivity (Wildman–Crippen MR) is 105 cm³/mol. The molecule has 168 valence electrons. The Bertz CT molecular complexity index is 898. The first-order valence-electron chi connectivity index (χ1n) is 9.50. The van der Waals surface area contributed by atoms with Crippen molar-refractivity contribution in [2.24, 2.45) is 0 Å². The summed E-state index contributed by atoms with van der Waals surface area (Å²) >= 11 is 0. The summed E-state index contributed by atoms with van der Waals surface area (Å²) < 4.78 is 10.8. The van der Waals surface area contributed by atoms with Gasteiger partial charge in [0.2, 0.25) is 0 Å².